The maximum atomic E-state index is 5.81. The normalized spacial score (nSPS) is 17.4. The molecule has 7 nitrogen and oxygen atoms in total. The average Bonchev–Trinajstić information content (AvgIpc) is 2.46. The van der Waals surface area contributed by atoms with E-state index in [1.165, 1.54) is 6.34 Å². The highest BCUT2D eigenvalue weighted by molar-refractivity contribution is 5.85. The molecule has 18 heavy (non-hydrogen) atoms. The van der Waals surface area contributed by atoms with Crippen molar-refractivity contribution in [1.82, 2.24) is 9.88 Å². The fourth-order valence-corrected chi connectivity index (χ4v) is 1.88. The largest absolute Gasteiger partial charge is 0.369 e. The molecule has 0 bridgehead atoms. The van der Waals surface area contributed by atoms with E-state index in [4.69, 9.17) is 11.6 Å². The fourth-order valence-electron chi connectivity index (χ4n) is 1.88. The predicted octanol–water partition coefficient (Wildman–Crippen LogP) is -0.580. The van der Waals surface area contributed by atoms with Gasteiger partial charge in [0.25, 0.3) is 0 Å². The molecule has 2 heterocycles. The van der Waals surface area contributed by atoms with E-state index < -0.39 is 0 Å². The number of hydrazone groups is 1. The molecule has 0 amide bonds. The summed E-state index contributed by atoms with van der Waals surface area (Å²) in [6.45, 7) is 3.36. The van der Waals surface area contributed by atoms with Crippen LogP contribution in [0.15, 0.2) is 34.5 Å². The van der Waals surface area contributed by atoms with E-state index in [1.54, 1.807) is 6.20 Å². The number of hydrogen-bond acceptors (Lipinski definition) is 4. The van der Waals surface area contributed by atoms with Gasteiger partial charge in [-0.25, -0.2) is 9.98 Å². The van der Waals surface area contributed by atoms with Crippen LogP contribution in [0.1, 0.15) is 0 Å². The molecule has 0 radical (unpaired) electrons. The van der Waals surface area contributed by atoms with Crippen LogP contribution < -0.4 is 16.5 Å². The van der Waals surface area contributed by atoms with Crippen molar-refractivity contribution in [3.05, 3.63) is 24.4 Å². The highest BCUT2D eigenvalue weighted by Gasteiger charge is 2.18. The summed E-state index contributed by atoms with van der Waals surface area (Å²) < 4.78 is 0. The van der Waals surface area contributed by atoms with E-state index in [9.17, 15) is 0 Å². The number of rotatable bonds is 2. The van der Waals surface area contributed by atoms with Gasteiger partial charge in [0.2, 0.25) is 0 Å². The molecule has 1 fully saturated rings. The number of pyridine rings is 1. The van der Waals surface area contributed by atoms with Crippen molar-refractivity contribution in [3.63, 3.8) is 0 Å². The first kappa shape index (κ1) is 12.2. The highest BCUT2D eigenvalue weighted by Crippen LogP contribution is 2.11. The zero-order chi connectivity index (χ0) is 12.8. The van der Waals surface area contributed by atoms with Crippen molar-refractivity contribution >= 4 is 18.1 Å². The van der Waals surface area contributed by atoms with Gasteiger partial charge in [-0.1, -0.05) is 6.07 Å². The molecule has 1 aromatic rings. The van der Waals surface area contributed by atoms with Gasteiger partial charge in [-0.05, 0) is 12.1 Å². The summed E-state index contributed by atoms with van der Waals surface area (Å²) in [4.78, 5) is 12.5. The molecule has 1 aliphatic rings. The molecule has 0 spiro atoms. The summed E-state index contributed by atoms with van der Waals surface area (Å²) in [5.41, 5.74) is 5.81. The van der Waals surface area contributed by atoms with Crippen molar-refractivity contribution in [1.29, 1.82) is 0 Å². The van der Waals surface area contributed by atoms with Gasteiger partial charge in [0.15, 0.2) is 5.96 Å². The van der Waals surface area contributed by atoms with E-state index in [0.717, 1.165) is 32.0 Å². The molecular weight excluding hydrogens is 230 g/mol. The van der Waals surface area contributed by atoms with Gasteiger partial charge in [-0.3, -0.25) is 0 Å². The van der Waals surface area contributed by atoms with Gasteiger partial charge >= 0.3 is 0 Å². The number of nitrogens with zero attached hydrogens (tertiary/aromatic N) is 5. The number of nitrogens with two attached hydrogens (primary N) is 2. The average molecular weight is 247 g/mol. The summed E-state index contributed by atoms with van der Waals surface area (Å²) in [5, 5.41) is 3.29. The lowest BCUT2D eigenvalue weighted by Crippen LogP contribution is -2.51. The van der Waals surface area contributed by atoms with Crippen molar-refractivity contribution in [2.45, 2.75) is 0 Å². The van der Waals surface area contributed by atoms with E-state index in [2.05, 4.69) is 20.0 Å². The summed E-state index contributed by atoms with van der Waals surface area (Å²) >= 11 is 0. The third-order valence-electron chi connectivity index (χ3n) is 2.83. The zero-order valence-corrected chi connectivity index (χ0v) is 10.1. The lowest BCUT2D eigenvalue weighted by atomic mass is 10.3. The van der Waals surface area contributed by atoms with Gasteiger partial charge < -0.3 is 21.4 Å². The van der Waals surface area contributed by atoms with Crippen LogP contribution in [-0.2, 0) is 0 Å². The Hall–Kier alpha value is -2.31. The highest BCUT2D eigenvalue weighted by atomic mass is 15.3. The molecule has 0 aromatic carbocycles. The van der Waals surface area contributed by atoms with Crippen molar-refractivity contribution in [2.75, 3.05) is 31.1 Å². The van der Waals surface area contributed by atoms with Gasteiger partial charge in [0, 0.05) is 32.4 Å². The Bertz CT molecular complexity index is 420. The second kappa shape index (κ2) is 5.85. The summed E-state index contributed by atoms with van der Waals surface area (Å²) in [6.07, 6.45) is 3.05. The van der Waals surface area contributed by atoms with Crippen molar-refractivity contribution in [3.8, 4) is 0 Å². The van der Waals surface area contributed by atoms with Crippen LogP contribution in [0, 0.1) is 0 Å². The first-order valence-electron chi connectivity index (χ1n) is 5.77. The molecule has 7 heteroatoms. The Morgan fingerprint density at radius 3 is 2.67 bits per heavy atom. The molecular formula is C11H17N7. The van der Waals surface area contributed by atoms with E-state index in [1.807, 2.05) is 23.1 Å². The van der Waals surface area contributed by atoms with Gasteiger partial charge in [-0.2, -0.15) is 5.10 Å². The zero-order valence-electron chi connectivity index (χ0n) is 10.1. The third kappa shape index (κ3) is 2.88. The van der Waals surface area contributed by atoms with Crippen LogP contribution in [0.5, 0.6) is 0 Å². The Kier molecular flexibility index (Phi) is 3.95. The standard InChI is InChI=1S/C11H17N7/c12-11(15-9-16-13)18-7-5-17(6-8-18)10-3-1-2-4-14-10/h1-4,9H,5-8,13H2,(H2,12,15,16). The minimum atomic E-state index is 0.449. The molecule has 0 atom stereocenters. The second-order valence-electron chi connectivity index (χ2n) is 3.91. The van der Waals surface area contributed by atoms with Crippen LogP contribution in [0.3, 0.4) is 0 Å². The quantitative estimate of drug-likeness (QED) is 0.315. The number of piperazine rings is 1. The summed E-state index contributed by atoms with van der Waals surface area (Å²) in [6, 6.07) is 5.91. The second-order valence-corrected chi connectivity index (χ2v) is 3.91. The maximum absolute atomic E-state index is 5.81. The third-order valence-corrected chi connectivity index (χ3v) is 2.83. The molecule has 4 N–H and O–H groups in total. The number of aromatic nitrogens is 1. The van der Waals surface area contributed by atoms with Crippen LogP contribution in [0.4, 0.5) is 5.82 Å². The molecule has 0 aliphatic carbocycles. The van der Waals surface area contributed by atoms with E-state index in [-0.39, 0.29) is 0 Å². The molecule has 0 saturated carbocycles. The SMILES string of the molecule is NN=CN=C(N)N1CCN(c2ccccn2)CC1. The Morgan fingerprint density at radius 2 is 2.06 bits per heavy atom. The fraction of sp³-hybridized carbons (Fsp3) is 0.364. The topological polar surface area (TPSA) is 96.1 Å². The molecule has 1 aliphatic heterocycles. The van der Waals surface area contributed by atoms with Gasteiger partial charge in [-0.15, -0.1) is 0 Å². The summed E-state index contributed by atoms with van der Waals surface area (Å²) in [5.74, 6) is 6.42. The van der Waals surface area contributed by atoms with Crippen LogP contribution in [0.2, 0.25) is 0 Å². The minimum Gasteiger partial charge on any atom is -0.369 e. The Morgan fingerprint density at radius 1 is 1.28 bits per heavy atom. The van der Waals surface area contributed by atoms with Crippen molar-refractivity contribution < 1.29 is 0 Å². The summed E-state index contributed by atoms with van der Waals surface area (Å²) in [7, 11) is 0. The smallest absolute Gasteiger partial charge is 0.197 e. The lowest BCUT2D eigenvalue weighted by molar-refractivity contribution is 0.381. The molecule has 1 saturated heterocycles. The lowest BCUT2D eigenvalue weighted by Gasteiger charge is -2.35. The first-order valence-corrected chi connectivity index (χ1v) is 5.77. The number of guanidine groups is 1. The van der Waals surface area contributed by atoms with Gasteiger partial charge in [0.05, 0.1) is 0 Å². The van der Waals surface area contributed by atoms with Gasteiger partial charge in [0.1, 0.15) is 12.2 Å². The number of anilines is 1. The Labute approximate surface area is 106 Å². The monoisotopic (exact) mass is 247 g/mol. The number of aliphatic imine (C=N–C) groups is 1. The van der Waals surface area contributed by atoms with Crippen LogP contribution >= 0.6 is 0 Å². The maximum Gasteiger partial charge on any atom is 0.197 e. The minimum absolute atomic E-state index is 0.449. The molecule has 2 rings (SSSR count). The van der Waals surface area contributed by atoms with Crippen LogP contribution in [0.25, 0.3) is 0 Å². The number of hydrogen-bond donors (Lipinski definition) is 2. The molecule has 1 aromatic heterocycles. The molecule has 96 valence electrons. The van der Waals surface area contributed by atoms with E-state index in [0.29, 0.717) is 5.96 Å². The molecule has 0 unspecified atom stereocenters. The van der Waals surface area contributed by atoms with E-state index >= 15 is 0 Å². The van der Waals surface area contributed by atoms with Crippen molar-refractivity contribution in [2.24, 2.45) is 21.7 Å². The van der Waals surface area contributed by atoms with Crippen LogP contribution in [-0.4, -0.2) is 48.4 Å². The first-order chi connectivity index (χ1) is 8.81. The predicted molar refractivity (Wildman–Crippen MR) is 72.3 cm³/mol. The Balaban J connectivity index is 1.92.